The Labute approximate surface area is 176 Å². The summed E-state index contributed by atoms with van der Waals surface area (Å²) in [6, 6.07) is 8.41. The molecule has 0 bridgehead atoms. The van der Waals surface area contributed by atoms with Crippen LogP contribution in [0.25, 0.3) is 0 Å². The van der Waals surface area contributed by atoms with Gasteiger partial charge in [-0.2, -0.15) is 0 Å². The van der Waals surface area contributed by atoms with Crippen molar-refractivity contribution < 1.29 is 4.79 Å². The Hall–Kier alpha value is -2.10. The van der Waals surface area contributed by atoms with Crippen LogP contribution in [0.5, 0.6) is 0 Å². The van der Waals surface area contributed by atoms with E-state index in [1.807, 2.05) is 22.9 Å². The molecule has 0 unspecified atom stereocenters. The van der Waals surface area contributed by atoms with E-state index in [-0.39, 0.29) is 11.7 Å². The average Bonchev–Trinajstić information content (AvgIpc) is 3.26. The first kappa shape index (κ1) is 20.6. The Bertz CT molecular complexity index is 949. The summed E-state index contributed by atoms with van der Waals surface area (Å²) >= 11 is 4.49. The standard InChI is InChI=1S/C19H21N5OS3/c1-4-9-24-16(11-26-15-7-5-13(2)6-8-15)22-23-19(24)28-12-17(25)21-18-20-14(3)10-27-18/h4-8,10H,1,9,11-12H2,2-3H3,(H,20,21,25). The molecule has 0 atom stereocenters. The fourth-order valence-corrected chi connectivity index (χ4v) is 4.63. The molecule has 0 aliphatic heterocycles. The number of rotatable bonds is 9. The lowest BCUT2D eigenvalue weighted by Gasteiger charge is -2.08. The van der Waals surface area contributed by atoms with E-state index in [1.54, 1.807) is 11.8 Å². The molecule has 146 valence electrons. The number of amides is 1. The van der Waals surface area contributed by atoms with Crippen LogP contribution in [-0.2, 0) is 17.1 Å². The number of carbonyl (C=O) groups is 1. The second-order valence-corrected chi connectivity index (χ2v) is 8.88. The zero-order valence-corrected chi connectivity index (χ0v) is 18.2. The lowest BCUT2D eigenvalue weighted by molar-refractivity contribution is -0.113. The van der Waals surface area contributed by atoms with E-state index < -0.39 is 0 Å². The average molecular weight is 432 g/mol. The number of aryl methyl sites for hydroxylation is 2. The first-order valence-electron chi connectivity index (χ1n) is 8.62. The number of nitrogens with zero attached hydrogens (tertiary/aromatic N) is 4. The second kappa shape index (κ2) is 9.90. The van der Waals surface area contributed by atoms with Crippen LogP contribution in [0.1, 0.15) is 17.1 Å². The summed E-state index contributed by atoms with van der Waals surface area (Å²) in [6.45, 7) is 8.40. The molecule has 2 heterocycles. The molecule has 0 saturated carbocycles. The van der Waals surface area contributed by atoms with Crippen LogP contribution in [0.15, 0.2) is 52.4 Å². The van der Waals surface area contributed by atoms with Gasteiger partial charge in [0.05, 0.1) is 17.2 Å². The molecular weight excluding hydrogens is 410 g/mol. The summed E-state index contributed by atoms with van der Waals surface area (Å²) < 4.78 is 2.00. The van der Waals surface area contributed by atoms with Gasteiger partial charge in [0.25, 0.3) is 0 Å². The molecule has 0 aliphatic rings. The molecule has 0 spiro atoms. The van der Waals surface area contributed by atoms with Gasteiger partial charge >= 0.3 is 0 Å². The quantitative estimate of drug-likeness (QED) is 0.395. The minimum atomic E-state index is -0.108. The van der Waals surface area contributed by atoms with E-state index in [9.17, 15) is 4.79 Å². The van der Waals surface area contributed by atoms with E-state index in [2.05, 4.69) is 58.3 Å². The van der Waals surface area contributed by atoms with Crippen LogP contribution < -0.4 is 5.32 Å². The number of benzene rings is 1. The largest absolute Gasteiger partial charge is 0.301 e. The van der Waals surface area contributed by atoms with Crippen LogP contribution >= 0.6 is 34.9 Å². The zero-order chi connectivity index (χ0) is 19.9. The summed E-state index contributed by atoms with van der Waals surface area (Å²) in [7, 11) is 0. The fraction of sp³-hybridized carbons (Fsp3) is 0.263. The van der Waals surface area contributed by atoms with E-state index in [0.29, 0.717) is 22.6 Å². The highest BCUT2D eigenvalue weighted by Crippen LogP contribution is 2.25. The molecule has 0 saturated heterocycles. The fourth-order valence-electron chi connectivity index (χ4n) is 2.32. The number of hydrogen-bond acceptors (Lipinski definition) is 7. The number of allylic oxidation sites excluding steroid dienone is 1. The smallest absolute Gasteiger partial charge is 0.236 e. The number of hydrogen-bond donors (Lipinski definition) is 1. The molecule has 3 rings (SSSR count). The topological polar surface area (TPSA) is 72.7 Å². The third-order valence-electron chi connectivity index (χ3n) is 3.69. The Balaban J connectivity index is 1.60. The van der Waals surface area contributed by atoms with Gasteiger partial charge in [0.15, 0.2) is 10.3 Å². The van der Waals surface area contributed by atoms with Gasteiger partial charge in [-0.05, 0) is 26.0 Å². The summed E-state index contributed by atoms with van der Waals surface area (Å²) in [5, 5.41) is 14.6. The molecular formula is C19H21N5OS3. The molecule has 1 aromatic carbocycles. The van der Waals surface area contributed by atoms with Gasteiger partial charge in [-0.1, -0.05) is 35.5 Å². The maximum absolute atomic E-state index is 12.2. The van der Waals surface area contributed by atoms with Crippen molar-refractivity contribution in [1.82, 2.24) is 19.7 Å². The SMILES string of the molecule is C=CCn1c(CSc2ccc(C)cc2)nnc1SCC(=O)Nc1nc(C)cs1. The van der Waals surface area contributed by atoms with Crippen molar-refractivity contribution in [3.05, 3.63) is 59.4 Å². The molecule has 0 aliphatic carbocycles. The normalized spacial score (nSPS) is 10.8. The van der Waals surface area contributed by atoms with Gasteiger partial charge in [-0.25, -0.2) is 4.98 Å². The third kappa shape index (κ3) is 5.70. The van der Waals surface area contributed by atoms with Crippen LogP contribution in [0.3, 0.4) is 0 Å². The molecule has 28 heavy (non-hydrogen) atoms. The number of aromatic nitrogens is 4. The first-order chi connectivity index (χ1) is 13.5. The molecule has 0 fully saturated rings. The number of carbonyl (C=O) groups excluding carboxylic acids is 1. The van der Waals surface area contributed by atoms with Gasteiger partial charge in [-0.3, -0.25) is 4.79 Å². The molecule has 9 heteroatoms. The van der Waals surface area contributed by atoms with E-state index in [1.165, 1.54) is 33.6 Å². The molecule has 0 radical (unpaired) electrons. The van der Waals surface area contributed by atoms with Crippen molar-refractivity contribution in [3.63, 3.8) is 0 Å². The monoisotopic (exact) mass is 431 g/mol. The van der Waals surface area contributed by atoms with Crippen molar-refractivity contribution in [1.29, 1.82) is 0 Å². The van der Waals surface area contributed by atoms with Gasteiger partial charge in [0.1, 0.15) is 5.82 Å². The Kier molecular flexibility index (Phi) is 7.30. The van der Waals surface area contributed by atoms with Crippen LogP contribution in [-0.4, -0.2) is 31.4 Å². The van der Waals surface area contributed by atoms with Crippen molar-refractivity contribution >= 4 is 45.9 Å². The van der Waals surface area contributed by atoms with Crippen molar-refractivity contribution in [2.45, 2.75) is 36.2 Å². The van der Waals surface area contributed by atoms with Gasteiger partial charge in [0.2, 0.25) is 5.91 Å². The lowest BCUT2D eigenvalue weighted by Crippen LogP contribution is -2.14. The number of nitrogens with one attached hydrogen (secondary N) is 1. The molecule has 6 nitrogen and oxygen atoms in total. The Morgan fingerprint density at radius 2 is 2.04 bits per heavy atom. The van der Waals surface area contributed by atoms with Crippen molar-refractivity contribution in [3.8, 4) is 0 Å². The summed E-state index contributed by atoms with van der Waals surface area (Å²) in [6.07, 6.45) is 1.81. The number of thiazole rings is 1. The second-order valence-electron chi connectivity index (χ2n) is 6.03. The maximum atomic E-state index is 12.2. The predicted molar refractivity (Wildman–Crippen MR) is 117 cm³/mol. The van der Waals surface area contributed by atoms with Crippen LogP contribution in [0.4, 0.5) is 5.13 Å². The number of thioether (sulfide) groups is 2. The highest BCUT2D eigenvalue weighted by molar-refractivity contribution is 7.99. The Morgan fingerprint density at radius 3 is 2.71 bits per heavy atom. The third-order valence-corrected chi connectivity index (χ3v) is 6.54. The highest BCUT2D eigenvalue weighted by Gasteiger charge is 2.14. The van der Waals surface area contributed by atoms with Gasteiger partial charge in [-0.15, -0.1) is 39.9 Å². The van der Waals surface area contributed by atoms with Crippen LogP contribution in [0.2, 0.25) is 0 Å². The van der Waals surface area contributed by atoms with Crippen LogP contribution in [0, 0.1) is 13.8 Å². The van der Waals surface area contributed by atoms with Crippen molar-refractivity contribution in [2.75, 3.05) is 11.1 Å². The van der Waals surface area contributed by atoms with E-state index >= 15 is 0 Å². The molecule has 1 N–H and O–H groups in total. The maximum Gasteiger partial charge on any atom is 0.236 e. The molecule has 1 amide bonds. The van der Waals surface area contributed by atoms with E-state index in [0.717, 1.165) is 11.5 Å². The minimum Gasteiger partial charge on any atom is -0.301 e. The van der Waals surface area contributed by atoms with Gasteiger partial charge in [0, 0.05) is 16.8 Å². The predicted octanol–water partition coefficient (Wildman–Crippen LogP) is 4.56. The summed E-state index contributed by atoms with van der Waals surface area (Å²) in [4.78, 5) is 17.6. The molecule has 2 aromatic heterocycles. The number of anilines is 1. The molecule has 3 aromatic rings. The van der Waals surface area contributed by atoms with E-state index in [4.69, 9.17) is 0 Å². The zero-order valence-electron chi connectivity index (χ0n) is 15.7. The Morgan fingerprint density at radius 1 is 1.25 bits per heavy atom. The lowest BCUT2D eigenvalue weighted by atomic mass is 10.2. The first-order valence-corrected chi connectivity index (χ1v) is 11.5. The summed E-state index contributed by atoms with van der Waals surface area (Å²) in [5.41, 5.74) is 2.14. The van der Waals surface area contributed by atoms with Gasteiger partial charge < -0.3 is 9.88 Å². The summed E-state index contributed by atoms with van der Waals surface area (Å²) in [5.74, 6) is 1.71. The van der Waals surface area contributed by atoms with Crippen molar-refractivity contribution in [2.24, 2.45) is 0 Å². The minimum absolute atomic E-state index is 0.108. The highest BCUT2D eigenvalue weighted by atomic mass is 32.2.